The Bertz CT molecular complexity index is 382. The minimum atomic E-state index is -0.810. The predicted octanol–water partition coefficient (Wildman–Crippen LogP) is 3.59. The van der Waals surface area contributed by atoms with Gasteiger partial charge in [-0.1, -0.05) is 31.7 Å². The van der Waals surface area contributed by atoms with Gasteiger partial charge in [0.25, 0.3) is 0 Å². The zero-order chi connectivity index (χ0) is 12.3. The van der Waals surface area contributed by atoms with Gasteiger partial charge < -0.3 is 5.11 Å². The molecule has 0 aliphatic heterocycles. The Morgan fingerprint density at radius 3 is 2.29 bits per heavy atom. The van der Waals surface area contributed by atoms with E-state index in [4.69, 9.17) is 0 Å². The third-order valence-electron chi connectivity index (χ3n) is 3.57. The molecule has 1 N–H and O–H groups in total. The topological polar surface area (TPSA) is 20.2 Å². The Balaban J connectivity index is 2.12. The summed E-state index contributed by atoms with van der Waals surface area (Å²) in [4.78, 5) is 0. The van der Waals surface area contributed by atoms with Gasteiger partial charge in [0.15, 0.2) is 0 Å². The van der Waals surface area contributed by atoms with Crippen molar-refractivity contribution < 1.29 is 13.9 Å². The van der Waals surface area contributed by atoms with Crippen LogP contribution in [-0.4, -0.2) is 10.7 Å². The number of halogens is 2. The maximum Gasteiger partial charge on any atom is 0.129 e. The highest BCUT2D eigenvalue weighted by Gasteiger charge is 2.29. The van der Waals surface area contributed by atoms with Crippen molar-refractivity contribution in [3.8, 4) is 0 Å². The molecule has 1 saturated carbocycles. The molecule has 1 nitrogen and oxygen atoms in total. The average Bonchev–Trinajstić information content (AvgIpc) is 2.48. The maximum atomic E-state index is 13.5. The molecule has 0 atom stereocenters. The molecule has 0 aromatic heterocycles. The predicted molar refractivity (Wildman–Crippen MR) is 62.7 cm³/mol. The van der Waals surface area contributed by atoms with Crippen molar-refractivity contribution in [2.24, 2.45) is 0 Å². The van der Waals surface area contributed by atoms with Crippen molar-refractivity contribution in [2.45, 2.75) is 50.5 Å². The smallest absolute Gasteiger partial charge is 0.129 e. The molecule has 0 spiro atoms. The normalized spacial score (nSPS) is 19.9. The molecule has 0 heterocycles. The van der Waals surface area contributed by atoms with Gasteiger partial charge in [0, 0.05) is 12.5 Å². The van der Waals surface area contributed by atoms with Crippen LogP contribution in [0.25, 0.3) is 0 Å². The van der Waals surface area contributed by atoms with E-state index in [1.807, 2.05) is 0 Å². The van der Waals surface area contributed by atoms with Crippen molar-refractivity contribution in [3.63, 3.8) is 0 Å². The number of rotatable bonds is 2. The lowest BCUT2D eigenvalue weighted by molar-refractivity contribution is 0.0244. The van der Waals surface area contributed by atoms with Crippen LogP contribution in [0.5, 0.6) is 0 Å². The summed E-state index contributed by atoms with van der Waals surface area (Å²) < 4.78 is 26.3. The van der Waals surface area contributed by atoms with Crippen molar-refractivity contribution >= 4 is 0 Å². The van der Waals surface area contributed by atoms with E-state index in [0.29, 0.717) is 24.8 Å². The van der Waals surface area contributed by atoms with Gasteiger partial charge >= 0.3 is 0 Å². The highest BCUT2D eigenvalue weighted by Crippen LogP contribution is 2.30. The van der Waals surface area contributed by atoms with Gasteiger partial charge in [0.2, 0.25) is 0 Å². The Hall–Kier alpha value is -0.960. The molecule has 17 heavy (non-hydrogen) atoms. The first-order valence-corrected chi connectivity index (χ1v) is 6.25. The zero-order valence-corrected chi connectivity index (χ0v) is 9.88. The van der Waals surface area contributed by atoms with Gasteiger partial charge in [-0.2, -0.15) is 0 Å². The fourth-order valence-corrected chi connectivity index (χ4v) is 2.58. The van der Waals surface area contributed by atoms with E-state index in [1.165, 1.54) is 12.1 Å². The second-order valence-electron chi connectivity index (χ2n) is 5.05. The first-order chi connectivity index (χ1) is 8.09. The van der Waals surface area contributed by atoms with Crippen LogP contribution in [0.4, 0.5) is 8.78 Å². The van der Waals surface area contributed by atoms with Crippen LogP contribution in [0.15, 0.2) is 18.2 Å². The van der Waals surface area contributed by atoms with E-state index in [9.17, 15) is 13.9 Å². The third-order valence-corrected chi connectivity index (χ3v) is 3.57. The standard InChI is InChI=1S/C14H18F2O/c15-12-6-5-11(13(16)9-12)10-14(17)7-3-1-2-4-8-14/h5-6,9,17H,1-4,7-8,10H2. The summed E-state index contributed by atoms with van der Waals surface area (Å²) in [5, 5.41) is 10.4. The summed E-state index contributed by atoms with van der Waals surface area (Å²) in [5.74, 6) is -1.12. The van der Waals surface area contributed by atoms with Crippen molar-refractivity contribution in [3.05, 3.63) is 35.4 Å². The molecular formula is C14H18F2O. The minimum absolute atomic E-state index is 0.291. The van der Waals surface area contributed by atoms with Crippen LogP contribution in [0.1, 0.15) is 44.1 Å². The molecule has 0 bridgehead atoms. The van der Waals surface area contributed by atoms with Crippen LogP contribution in [0.2, 0.25) is 0 Å². The molecule has 1 aromatic rings. The second kappa shape index (κ2) is 5.13. The third kappa shape index (κ3) is 3.25. The first kappa shape index (κ1) is 12.5. The maximum absolute atomic E-state index is 13.5. The molecule has 1 aliphatic carbocycles. The van der Waals surface area contributed by atoms with E-state index in [-0.39, 0.29) is 0 Å². The van der Waals surface area contributed by atoms with Gasteiger partial charge in [-0.15, -0.1) is 0 Å². The number of benzene rings is 1. The van der Waals surface area contributed by atoms with Gasteiger partial charge in [-0.25, -0.2) is 8.78 Å². The van der Waals surface area contributed by atoms with Crippen LogP contribution in [0.3, 0.4) is 0 Å². The van der Waals surface area contributed by atoms with Gasteiger partial charge in [0.05, 0.1) is 5.60 Å². The van der Waals surface area contributed by atoms with Gasteiger partial charge in [-0.05, 0) is 24.5 Å². The summed E-state index contributed by atoms with van der Waals surface area (Å²) in [6.07, 6.45) is 5.95. The van der Waals surface area contributed by atoms with Crippen LogP contribution < -0.4 is 0 Å². The Morgan fingerprint density at radius 1 is 1.06 bits per heavy atom. The molecule has 0 radical (unpaired) electrons. The highest BCUT2D eigenvalue weighted by molar-refractivity contribution is 5.20. The van der Waals surface area contributed by atoms with E-state index in [0.717, 1.165) is 31.7 Å². The molecule has 94 valence electrons. The van der Waals surface area contributed by atoms with Crippen molar-refractivity contribution in [1.29, 1.82) is 0 Å². The fraction of sp³-hybridized carbons (Fsp3) is 0.571. The van der Waals surface area contributed by atoms with Gasteiger partial charge in [-0.3, -0.25) is 0 Å². The highest BCUT2D eigenvalue weighted by atomic mass is 19.1. The molecule has 1 fully saturated rings. The average molecular weight is 240 g/mol. The molecule has 0 saturated heterocycles. The lowest BCUT2D eigenvalue weighted by Gasteiger charge is -2.26. The fourth-order valence-electron chi connectivity index (χ4n) is 2.58. The monoisotopic (exact) mass is 240 g/mol. The Kier molecular flexibility index (Phi) is 3.77. The summed E-state index contributed by atoms with van der Waals surface area (Å²) >= 11 is 0. The first-order valence-electron chi connectivity index (χ1n) is 6.25. The van der Waals surface area contributed by atoms with Crippen molar-refractivity contribution in [1.82, 2.24) is 0 Å². The Labute approximate surface area is 100 Å². The van der Waals surface area contributed by atoms with E-state index in [2.05, 4.69) is 0 Å². The number of hydrogen-bond donors (Lipinski definition) is 1. The second-order valence-corrected chi connectivity index (χ2v) is 5.05. The lowest BCUT2D eigenvalue weighted by atomic mass is 9.87. The summed E-state index contributed by atoms with van der Waals surface area (Å²) in [6, 6.07) is 3.57. The zero-order valence-electron chi connectivity index (χ0n) is 9.88. The SMILES string of the molecule is OC1(Cc2ccc(F)cc2F)CCCCCC1. The van der Waals surface area contributed by atoms with Crippen LogP contribution >= 0.6 is 0 Å². The summed E-state index contributed by atoms with van der Waals surface area (Å²) in [7, 11) is 0. The van der Waals surface area contributed by atoms with E-state index >= 15 is 0 Å². The summed E-state index contributed by atoms with van der Waals surface area (Å²) in [6.45, 7) is 0. The van der Waals surface area contributed by atoms with E-state index < -0.39 is 17.2 Å². The molecule has 0 amide bonds. The Morgan fingerprint density at radius 2 is 1.71 bits per heavy atom. The van der Waals surface area contributed by atoms with E-state index in [1.54, 1.807) is 0 Å². The van der Waals surface area contributed by atoms with Crippen molar-refractivity contribution in [2.75, 3.05) is 0 Å². The molecule has 1 aromatic carbocycles. The molecule has 2 rings (SSSR count). The number of hydrogen-bond acceptors (Lipinski definition) is 1. The van der Waals surface area contributed by atoms with Gasteiger partial charge in [0.1, 0.15) is 11.6 Å². The molecule has 1 aliphatic rings. The largest absolute Gasteiger partial charge is 0.390 e. The van der Waals surface area contributed by atoms with Crippen LogP contribution in [-0.2, 0) is 6.42 Å². The molecule has 0 unspecified atom stereocenters. The lowest BCUT2D eigenvalue weighted by Crippen LogP contribution is -2.31. The number of aliphatic hydroxyl groups is 1. The summed E-state index contributed by atoms with van der Waals surface area (Å²) in [5.41, 5.74) is -0.398. The van der Waals surface area contributed by atoms with Crippen LogP contribution in [0, 0.1) is 11.6 Å². The minimum Gasteiger partial charge on any atom is -0.390 e. The molecule has 3 heteroatoms. The molecular weight excluding hydrogens is 222 g/mol. The quantitative estimate of drug-likeness (QED) is 0.783.